The Bertz CT molecular complexity index is 2130. The van der Waals surface area contributed by atoms with Crippen molar-refractivity contribution in [3.63, 3.8) is 0 Å². The maximum atomic E-state index is 14.8. The number of hydrogen-bond acceptors (Lipinski definition) is 17. The van der Waals surface area contributed by atoms with Gasteiger partial charge in [0.1, 0.15) is 30.6 Å². The van der Waals surface area contributed by atoms with Gasteiger partial charge in [-0.25, -0.2) is 4.39 Å². The number of aromatic nitrogens is 1. The monoisotopic (exact) mass is 1060 g/mol. The van der Waals surface area contributed by atoms with E-state index in [2.05, 4.69) is 20.4 Å². The lowest BCUT2D eigenvalue weighted by Crippen LogP contribution is -2.61. The third-order valence-corrected chi connectivity index (χ3v) is 16.6. The molecule has 5 N–H and O–H groups in total. The Morgan fingerprint density at radius 2 is 1.63 bits per heavy atom. The molecule has 1 aromatic heterocycles. The van der Waals surface area contributed by atoms with Gasteiger partial charge in [-0.15, -0.1) is 0 Å². The molecule has 2 aromatic rings. The first-order chi connectivity index (χ1) is 35.4. The zero-order chi connectivity index (χ0) is 55.6. The van der Waals surface area contributed by atoms with Crippen LogP contribution < -0.4 is 5.32 Å². The van der Waals surface area contributed by atoms with Gasteiger partial charge in [0.2, 0.25) is 12.7 Å². The molecular formula is C56H89FN4O14. The molecule has 5 rings (SSSR count). The molecule has 0 radical (unpaired) electrons. The second-order valence-electron chi connectivity index (χ2n) is 22.2. The second-order valence-corrected chi connectivity index (χ2v) is 22.2. The zero-order valence-electron chi connectivity index (χ0n) is 46.8. The average Bonchev–Trinajstić information content (AvgIpc) is 3.39. The predicted molar refractivity (Wildman–Crippen MR) is 280 cm³/mol. The Morgan fingerprint density at radius 1 is 0.947 bits per heavy atom. The van der Waals surface area contributed by atoms with E-state index in [0.717, 1.165) is 11.1 Å². The lowest BCUT2D eigenvalue weighted by Gasteiger charge is -2.52. The molecule has 1 aromatic carbocycles. The number of aliphatic hydroxyl groups is 4. The number of ether oxygens (including phenoxy) is 7. The minimum absolute atomic E-state index is 0.0280. The number of amides is 1. The van der Waals surface area contributed by atoms with Crippen LogP contribution in [0.1, 0.15) is 119 Å². The summed E-state index contributed by atoms with van der Waals surface area (Å²) in [4.78, 5) is 40.0. The van der Waals surface area contributed by atoms with E-state index >= 15 is 0 Å². The molecule has 1 unspecified atom stereocenters. The minimum Gasteiger partial charge on any atom is -0.459 e. The SMILES string of the molecule is CC[C@H]1OC(=O)[C@H](C)[C@@H](C2C[C@@](C)(OC)[C@@H](O)[C@H](C)O2)[C@H](C)[C@@H](O[C@H]2C[C@@H](N(C)CCC(=O)N[C@H](CF)[C@H](O)c3ccc(-c4cccnc4)cc3)C[C@@H](C)O2)[C@](C)(OC)C[C@@H](C)/C(=N/OCOC)[C@H](C)[C@@H](O)[C@]1(C)O. The van der Waals surface area contributed by atoms with Crippen molar-refractivity contribution in [2.75, 3.05) is 48.4 Å². The van der Waals surface area contributed by atoms with Crippen molar-refractivity contribution in [2.45, 2.75) is 192 Å². The van der Waals surface area contributed by atoms with Gasteiger partial charge in [-0.3, -0.25) is 14.6 Å². The highest BCUT2D eigenvalue weighted by Crippen LogP contribution is 2.46. The van der Waals surface area contributed by atoms with Crippen LogP contribution in [0.15, 0.2) is 53.9 Å². The highest BCUT2D eigenvalue weighted by molar-refractivity contribution is 5.89. The summed E-state index contributed by atoms with van der Waals surface area (Å²) < 4.78 is 59.0. The van der Waals surface area contributed by atoms with Crippen LogP contribution in [0.5, 0.6) is 0 Å². The molecular weight excluding hydrogens is 972 g/mol. The van der Waals surface area contributed by atoms with Crippen LogP contribution in [0.25, 0.3) is 11.1 Å². The maximum Gasteiger partial charge on any atom is 0.309 e. The van der Waals surface area contributed by atoms with Crippen molar-refractivity contribution in [3.05, 3.63) is 54.4 Å². The summed E-state index contributed by atoms with van der Waals surface area (Å²) in [7, 11) is 6.51. The number of nitrogens with zero attached hydrogens (tertiary/aromatic N) is 3. The molecule has 18 nitrogen and oxygen atoms in total. The third kappa shape index (κ3) is 14.9. The number of oxime groups is 1. The van der Waals surface area contributed by atoms with Gasteiger partial charge in [0, 0.05) is 83.3 Å². The lowest BCUT2D eigenvalue weighted by atomic mass is 9.67. The Labute approximate surface area is 444 Å². The van der Waals surface area contributed by atoms with Crippen LogP contribution in [0.2, 0.25) is 0 Å². The molecule has 0 saturated carbocycles. The Hall–Kier alpha value is -3.73. The molecule has 19 heteroatoms. The van der Waals surface area contributed by atoms with Gasteiger partial charge in [0.25, 0.3) is 0 Å². The molecule has 424 valence electrons. The van der Waals surface area contributed by atoms with E-state index in [1.807, 2.05) is 65.9 Å². The summed E-state index contributed by atoms with van der Waals surface area (Å²) >= 11 is 0. The molecule has 1 amide bonds. The Balaban J connectivity index is 1.45. The van der Waals surface area contributed by atoms with Gasteiger partial charge in [0.15, 0.2) is 6.29 Å². The molecule has 0 bridgehead atoms. The number of aliphatic hydroxyl groups excluding tert-OH is 3. The number of benzene rings is 1. The summed E-state index contributed by atoms with van der Waals surface area (Å²) in [5.41, 5.74) is -1.51. The number of methoxy groups -OCH3 is 3. The zero-order valence-corrected chi connectivity index (χ0v) is 46.8. The first-order valence-corrected chi connectivity index (χ1v) is 26.7. The van der Waals surface area contributed by atoms with Crippen LogP contribution in [0, 0.1) is 29.6 Å². The van der Waals surface area contributed by atoms with Crippen LogP contribution in [-0.4, -0.2) is 174 Å². The van der Waals surface area contributed by atoms with E-state index in [4.69, 9.17) is 38.0 Å². The molecule has 4 heterocycles. The summed E-state index contributed by atoms with van der Waals surface area (Å²) in [5.74, 6) is -4.48. The average molecular weight is 1060 g/mol. The number of carbonyl (C=O) groups excluding carboxylic acids is 2. The number of hydrogen-bond donors (Lipinski definition) is 5. The van der Waals surface area contributed by atoms with Crippen LogP contribution in [-0.2, 0) is 47.6 Å². The van der Waals surface area contributed by atoms with E-state index in [1.165, 1.54) is 21.1 Å². The summed E-state index contributed by atoms with van der Waals surface area (Å²) in [6, 6.07) is 9.53. The van der Waals surface area contributed by atoms with Gasteiger partial charge >= 0.3 is 5.97 Å². The minimum atomic E-state index is -1.93. The molecule has 19 atom stereocenters. The normalized spacial score (nSPS) is 37.8. The number of nitrogens with one attached hydrogen (secondary N) is 1. The highest BCUT2D eigenvalue weighted by Gasteiger charge is 2.55. The lowest BCUT2D eigenvalue weighted by molar-refractivity contribution is -0.278. The predicted octanol–water partition coefficient (Wildman–Crippen LogP) is 6.16. The van der Waals surface area contributed by atoms with Gasteiger partial charge in [0.05, 0.1) is 59.4 Å². The van der Waals surface area contributed by atoms with E-state index in [0.29, 0.717) is 30.7 Å². The number of cyclic esters (lactones) is 1. The molecule has 75 heavy (non-hydrogen) atoms. The standard InChI is InChI=1S/C56H89FN4O14/c1-15-44-56(10,67)50(64)36(6)48(60-71-31-68-12)32(2)27-55(9,70-14)52(34(4)47(35(5)53(66)74-44)43-28-54(8,69-13)51(65)37(7)73-43)75-46-26-41(25-33(3)72-46)61(11)24-22-45(62)59-42(29-57)49(63)39-20-18-38(19-21-39)40-17-16-23-58-30-40/h16-21,23,30,32-37,41-44,46-47,49-52,63-65,67H,15,22,24-29,31H2,1-14H3,(H,59,62)/b60-48-/t32-,33-,34+,35-,36+,37+,41+,42-,43?,44-,46+,47+,49-,50-,51+,52-,54-,55-,56-/m1/s1. The summed E-state index contributed by atoms with van der Waals surface area (Å²) in [6.45, 7) is 17.3. The summed E-state index contributed by atoms with van der Waals surface area (Å²) in [6.07, 6.45) is -3.15. The molecule has 3 aliphatic rings. The molecule has 0 aliphatic carbocycles. The number of rotatable bonds is 18. The molecule has 0 spiro atoms. The molecule has 3 fully saturated rings. The fraction of sp³-hybridized carbons (Fsp3) is 0.750. The van der Waals surface area contributed by atoms with Gasteiger partial charge in [-0.1, -0.05) is 70.1 Å². The first kappa shape index (κ1) is 62.1. The van der Waals surface area contributed by atoms with E-state index < -0.39 is 120 Å². The largest absolute Gasteiger partial charge is 0.459 e. The molecule has 3 saturated heterocycles. The molecule has 3 aliphatic heterocycles. The third-order valence-electron chi connectivity index (χ3n) is 16.6. The topological polar surface area (TPSA) is 229 Å². The fourth-order valence-electron chi connectivity index (χ4n) is 11.9. The van der Waals surface area contributed by atoms with Crippen molar-refractivity contribution < 1.29 is 72.4 Å². The van der Waals surface area contributed by atoms with Crippen molar-refractivity contribution in [3.8, 4) is 11.1 Å². The van der Waals surface area contributed by atoms with Crippen molar-refractivity contribution in [1.29, 1.82) is 0 Å². The number of alkyl halides is 1. The van der Waals surface area contributed by atoms with Gasteiger partial charge in [-0.05, 0) is 89.6 Å². The van der Waals surface area contributed by atoms with Crippen molar-refractivity contribution >= 4 is 17.6 Å². The Kier molecular flexibility index (Phi) is 22.6. The van der Waals surface area contributed by atoms with Crippen LogP contribution in [0.4, 0.5) is 4.39 Å². The van der Waals surface area contributed by atoms with E-state index in [1.54, 1.807) is 59.3 Å². The fourth-order valence-corrected chi connectivity index (χ4v) is 11.9. The quantitative estimate of drug-likeness (QED) is 0.0487. The van der Waals surface area contributed by atoms with Gasteiger partial charge < -0.3 is 68.6 Å². The summed E-state index contributed by atoms with van der Waals surface area (Å²) in [5, 5.41) is 53.9. The smallest absolute Gasteiger partial charge is 0.309 e. The maximum absolute atomic E-state index is 14.8. The van der Waals surface area contributed by atoms with Crippen LogP contribution >= 0.6 is 0 Å². The van der Waals surface area contributed by atoms with Crippen LogP contribution in [0.3, 0.4) is 0 Å². The Morgan fingerprint density at radius 3 is 2.23 bits per heavy atom. The highest BCUT2D eigenvalue weighted by atomic mass is 19.1. The van der Waals surface area contributed by atoms with E-state index in [9.17, 15) is 34.4 Å². The van der Waals surface area contributed by atoms with Crippen molar-refractivity contribution in [1.82, 2.24) is 15.2 Å². The van der Waals surface area contributed by atoms with E-state index in [-0.39, 0.29) is 44.6 Å². The number of esters is 1. The number of pyridine rings is 1. The second kappa shape index (κ2) is 27.2. The first-order valence-electron chi connectivity index (χ1n) is 26.7. The number of halogens is 1. The van der Waals surface area contributed by atoms with Gasteiger partial charge in [-0.2, -0.15) is 0 Å². The van der Waals surface area contributed by atoms with Crippen molar-refractivity contribution in [2.24, 2.45) is 34.7 Å². The number of carbonyl (C=O) groups is 2.